The highest BCUT2D eigenvalue weighted by atomic mass is 35.5. The van der Waals surface area contributed by atoms with Crippen LogP contribution in [0.4, 0.5) is 10.1 Å². The number of nitrogens with one attached hydrogen (secondary N) is 1. The average molecular weight is 349 g/mol. The Bertz CT molecular complexity index is 825. The molecule has 1 fully saturated rings. The van der Waals surface area contributed by atoms with E-state index in [2.05, 4.69) is 5.32 Å². The van der Waals surface area contributed by atoms with Gasteiger partial charge in [-0.05, 0) is 48.4 Å². The summed E-state index contributed by atoms with van der Waals surface area (Å²) in [7, 11) is 0. The summed E-state index contributed by atoms with van der Waals surface area (Å²) >= 11 is 5.73. The van der Waals surface area contributed by atoms with E-state index in [0.717, 1.165) is 6.07 Å². The molecule has 2 aromatic rings. The predicted molar refractivity (Wildman–Crippen MR) is 87.1 cm³/mol. The quantitative estimate of drug-likeness (QED) is 0.586. The third kappa shape index (κ3) is 2.69. The summed E-state index contributed by atoms with van der Waals surface area (Å²) in [6.45, 7) is 0. The van der Waals surface area contributed by atoms with Gasteiger partial charge in [-0.25, -0.2) is 4.39 Å². The Labute approximate surface area is 142 Å². The zero-order chi connectivity index (χ0) is 17.5. The van der Waals surface area contributed by atoms with Gasteiger partial charge in [-0.1, -0.05) is 17.7 Å². The van der Waals surface area contributed by atoms with Crippen molar-refractivity contribution in [1.82, 2.24) is 0 Å². The molecule has 0 radical (unpaired) electrons. The van der Waals surface area contributed by atoms with E-state index in [0.29, 0.717) is 5.69 Å². The Hall–Kier alpha value is -2.60. The third-order valence-corrected chi connectivity index (χ3v) is 4.50. The molecule has 2 unspecified atom stereocenters. The number of amides is 2. The van der Waals surface area contributed by atoms with Crippen molar-refractivity contribution < 1.29 is 19.1 Å². The molecule has 124 valence electrons. The average Bonchev–Trinajstić information content (AvgIpc) is 3.26. The standard InChI is InChI=1S/C17H14ClFN2O3/c18-9-1-6-12(14(19)7-9)13-8-17(13,15(20)23)16(24)21-10-2-4-11(22)5-3-10/h1-7,13,22H,8H2,(H2,20,23)(H,21,24). The summed E-state index contributed by atoms with van der Waals surface area (Å²) in [6.07, 6.45) is 0.130. The van der Waals surface area contributed by atoms with Gasteiger partial charge in [-0.3, -0.25) is 9.59 Å². The van der Waals surface area contributed by atoms with Crippen LogP contribution in [0, 0.1) is 11.2 Å². The number of hydrogen-bond acceptors (Lipinski definition) is 3. The second-order valence-corrected chi connectivity index (χ2v) is 6.20. The number of phenols is 1. The van der Waals surface area contributed by atoms with Crippen LogP contribution in [0.25, 0.3) is 0 Å². The summed E-state index contributed by atoms with van der Waals surface area (Å²) in [5, 5.41) is 12.1. The summed E-state index contributed by atoms with van der Waals surface area (Å²) < 4.78 is 14.1. The fraction of sp³-hybridized carbons (Fsp3) is 0.176. The lowest BCUT2D eigenvalue weighted by Gasteiger charge is -2.14. The minimum atomic E-state index is -1.49. The highest BCUT2D eigenvalue weighted by Crippen LogP contribution is 2.60. The SMILES string of the molecule is NC(=O)C1(C(=O)Nc2ccc(O)cc2)CC1c1ccc(Cl)cc1F. The molecule has 0 heterocycles. The van der Waals surface area contributed by atoms with E-state index in [1.54, 1.807) is 0 Å². The Kier molecular flexibility index (Phi) is 3.93. The van der Waals surface area contributed by atoms with Gasteiger partial charge < -0.3 is 16.2 Å². The molecule has 24 heavy (non-hydrogen) atoms. The van der Waals surface area contributed by atoms with Crippen molar-refractivity contribution in [1.29, 1.82) is 0 Å². The monoisotopic (exact) mass is 348 g/mol. The van der Waals surface area contributed by atoms with Gasteiger partial charge in [0.15, 0.2) is 0 Å². The summed E-state index contributed by atoms with van der Waals surface area (Å²) in [4.78, 5) is 24.5. The van der Waals surface area contributed by atoms with Gasteiger partial charge >= 0.3 is 0 Å². The number of carbonyl (C=O) groups is 2. The van der Waals surface area contributed by atoms with Crippen LogP contribution in [0.1, 0.15) is 17.9 Å². The number of rotatable bonds is 4. The molecule has 0 aromatic heterocycles. The Balaban J connectivity index is 1.87. The molecule has 7 heteroatoms. The zero-order valence-electron chi connectivity index (χ0n) is 12.4. The van der Waals surface area contributed by atoms with Crippen molar-refractivity contribution in [2.24, 2.45) is 11.1 Å². The van der Waals surface area contributed by atoms with Gasteiger partial charge in [0, 0.05) is 16.6 Å². The molecular formula is C17H14ClFN2O3. The number of primary amides is 1. The lowest BCUT2D eigenvalue weighted by Crippen LogP contribution is -2.37. The molecule has 1 saturated carbocycles. The molecule has 0 aliphatic heterocycles. The maximum absolute atomic E-state index is 14.1. The molecular weight excluding hydrogens is 335 g/mol. The second kappa shape index (κ2) is 5.79. The highest BCUT2D eigenvalue weighted by molar-refractivity contribution is 6.30. The number of carbonyl (C=O) groups excluding carboxylic acids is 2. The Morgan fingerprint density at radius 1 is 1.25 bits per heavy atom. The summed E-state index contributed by atoms with van der Waals surface area (Å²) in [5.74, 6) is -2.57. The third-order valence-electron chi connectivity index (χ3n) is 4.27. The number of anilines is 1. The van der Waals surface area contributed by atoms with Crippen LogP contribution < -0.4 is 11.1 Å². The van der Waals surface area contributed by atoms with Gasteiger partial charge in [0.1, 0.15) is 17.0 Å². The Morgan fingerprint density at radius 2 is 1.92 bits per heavy atom. The van der Waals surface area contributed by atoms with Gasteiger partial charge in [-0.15, -0.1) is 0 Å². The van der Waals surface area contributed by atoms with Crippen LogP contribution >= 0.6 is 11.6 Å². The van der Waals surface area contributed by atoms with E-state index in [-0.39, 0.29) is 22.8 Å². The first-order valence-electron chi connectivity index (χ1n) is 7.20. The molecule has 2 aromatic carbocycles. The maximum atomic E-state index is 14.1. The molecule has 0 saturated heterocycles. The number of halogens is 2. The molecule has 1 aliphatic rings. The molecule has 0 bridgehead atoms. The van der Waals surface area contributed by atoms with Crippen molar-refractivity contribution in [3.8, 4) is 5.75 Å². The molecule has 2 amide bonds. The van der Waals surface area contributed by atoms with Crippen molar-refractivity contribution in [3.05, 3.63) is 58.9 Å². The number of hydrogen-bond donors (Lipinski definition) is 3. The van der Waals surface area contributed by atoms with Gasteiger partial charge in [0.05, 0.1) is 0 Å². The van der Waals surface area contributed by atoms with Crippen LogP contribution in [-0.2, 0) is 9.59 Å². The first-order valence-corrected chi connectivity index (χ1v) is 7.58. The Morgan fingerprint density at radius 3 is 2.50 bits per heavy atom. The predicted octanol–water partition coefficient (Wildman–Crippen LogP) is 2.78. The van der Waals surface area contributed by atoms with Crippen molar-refractivity contribution in [2.45, 2.75) is 12.3 Å². The van der Waals surface area contributed by atoms with E-state index in [9.17, 15) is 19.1 Å². The molecule has 5 nitrogen and oxygen atoms in total. The molecule has 1 aliphatic carbocycles. The first-order chi connectivity index (χ1) is 11.3. The molecule has 0 spiro atoms. The minimum absolute atomic E-state index is 0.0464. The van der Waals surface area contributed by atoms with Crippen LogP contribution in [0.2, 0.25) is 5.02 Å². The minimum Gasteiger partial charge on any atom is -0.508 e. The molecule has 2 atom stereocenters. The lowest BCUT2D eigenvalue weighted by atomic mass is 9.96. The maximum Gasteiger partial charge on any atom is 0.240 e. The summed E-state index contributed by atoms with van der Waals surface area (Å²) in [6, 6.07) is 9.87. The fourth-order valence-electron chi connectivity index (χ4n) is 2.85. The highest BCUT2D eigenvalue weighted by Gasteiger charge is 2.65. The molecule has 3 rings (SSSR count). The molecule has 4 N–H and O–H groups in total. The van der Waals surface area contributed by atoms with Crippen molar-refractivity contribution in [3.63, 3.8) is 0 Å². The van der Waals surface area contributed by atoms with Gasteiger partial charge in [-0.2, -0.15) is 0 Å². The van der Waals surface area contributed by atoms with E-state index >= 15 is 0 Å². The van der Waals surface area contributed by atoms with E-state index < -0.39 is 29.0 Å². The smallest absolute Gasteiger partial charge is 0.240 e. The van der Waals surface area contributed by atoms with E-state index in [4.69, 9.17) is 17.3 Å². The lowest BCUT2D eigenvalue weighted by molar-refractivity contribution is -0.132. The van der Waals surface area contributed by atoms with Gasteiger partial charge in [0.25, 0.3) is 0 Å². The number of nitrogens with two attached hydrogens (primary N) is 1. The van der Waals surface area contributed by atoms with Crippen molar-refractivity contribution >= 4 is 29.1 Å². The normalized spacial score (nSPS) is 22.0. The summed E-state index contributed by atoms with van der Waals surface area (Å²) in [5.41, 5.74) is 4.58. The van der Waals surface area contributed by atoms with Crippen LogP contribution in [0.15, 0.2) is 42.5 Å². The van der Waals surface area contributed by atoms with Gasteiger partial charge in [0.2, 0.25) is 11.8 Å². The zero-order valence-corrected chi connectivity index (χ0v) is 13.2. The first kappa shape index (κ1) is 16.3. The number of benzene rings is 2. The van der Waals surface area contributed by atoms with Crippen LogP contribution in [0.5, 0.6) is 5.75 Å². The van der Waals surface area contributed by atoms with E-state index in [1.807, 2.05) is 0 Å². The number of phenolic OH excluding ortho intramolecular Hbond substituents is 1. The number of aromatic hydroxyl groups is 1. The van der Waals surface area contributed by atoms with E-state index in [1.165, 1.54) is 36.4 Å². The topological polar surface area (TPSA) is 92.4 Å². The largest absolute Gasteiger partial charge is 0.508 e. The van der Waals surface area contributed by atoms with Crippen LogP contribution in [-0.4, -0.2) is 16.9 Å². The van der Waals surface area contributed by atoms with Crippen molar-refractivity contribution in [2.75, 3.05) is 5.32 Å². The fourth-order valence-corrected chi connectivity index (χ4v) is 3.00. The second-order valence-electron chi connectivity index (χ2n) is 5.76. The van der Waals surface area contributed by atoms with Crippen LogP contribution in [0.3, 0.4) is 0 Å².